The third-order valence-electron chi connectivity index (χ3n) is 5.08. The summed E-state index contributed by atoms with van der Waals surface area (Å²) in [5.41, 5.74) is -0.740. The Morgan fingerprint density at radius 2 is 1.76 bits per heavy atom. The Labute approximate surface area is 153 Å². The first-order valence-corrected chi connectivity index (χ1v) is 10.3. The SMILES string of the molecule is CC(C)(C)OC(=O)N1CCC2(CC1)CC(F)CC2NS(=O)C(C)(C)C. The molecule has 1 heterocycles. The van der Waals surface area contributed by atoms with Gasteiger partial charge in [-0.25, -0.2) is 18.1 Å². The number of likely N-dealkylation sites (tertiary alicyclic amines) is 1. The smallest absolute Gasteiger partial charge is 0.410 e. The van der Waals surface area contributed by atoms with Crippen molar-refractivity contribution in [2.75, 3.05) is 13.1 Å². The van der Waals surface area contributed by atoms with Gasteiger partial charge in [-0.3, -0.25) is 0 Å². The van der Waals surface area contributed by atoms with Crippen LogP contribution in [0.15, 0.2) is 0 Å². The second kappa shape index (κ2) is 7.14. The highest BCUT2D eigenvalue weighted by Crippen LogP contribution is 2.48. The molecule has 5 nitrogen and oxygen atoms in total. The largest absolute Gasteiger partial charge is 0.444 e. The summed E-state index contributed by atoms with van der Waals surface area (Å²) >= 11 is 0. The van der Waals surface area contributed by atoms with Crippen LogP contribution in [0.4, 0.5) is 9.18 Å². The van der Waals surface area contributed by atoms with Crippen LogP contribution in [0.1, 0.15) is 67.2 Å². The first-order valence-electron chi connectivity index (χ1n) is 9.12. The summed E-state index contributed by atoms with van der Waals surface area (Å²) in [5, 5.41) is 0. The van der Waals surface area contributed by atoms with Gasteiger partial charge in [-0.2, -0.15) is 0 Å². The molecule has 0 aromatic heterocycles. The fourth-order valence-electron chi connectivity index (χ4n) is 3.67. The fraction of sp³-hybridized carbons (Fsp3) is 0.944. The minimum atomic E-state index is -1.22. The van der Waals surface area contributed by atoms with Crippen molar-refractivity contribution in [3.8, 4) is 0 Å². The Morgan fingerprint density at radius 3 is 2.24 bits per heavy atom. The van der Waals surface area contributed by atoms with Gasteiger partial charge in [0.2, 0.25) is 0 Å². The average molecular weight is 377 g/mol. The molecule has 25 heavy (non-hydrogen) atoms. The number of carbonyl (C=O) groups excluding carboxylic acids is 1. The molecule has 1 aliphatic carbocycles. The number of rotatable bonds is 2. The minimum absolute atomic E-state index is 0.108. The lowest BCUT2D eigenvalue weighted by Gasteiger charge is -2.43. The molecule has 0 radical (unpaired) electrons. The molecule has 1 amide bonds. The number of nitrogens with zero attached hydrogens (tertiary/aromatic N) is 1. The summed E-state index contributed by atoms with van der Waals surface area (Å²) in [4.78, 5) is 13.9. The van der Waals surface area contributed by atoms with Gasteiger partial charge in [0.15, 0.2) is 0 Å². The molecule has 0 bridgehead atoms. The summed E-state index contributed by atoms with van der Waals surface area (Å²) in [6.07, 6.45) is 1.13. The second-order valence-corrected chi connectivity index (χ2v) is 11.4. The van der Waals surface area contributed by atoms with E-state index < -0.39 is 22.8 Å². The van der Waals surface area contributed by atoms with E-state index >= 15 is 0 Å². The molecule has 1 saturated carbocycles. The molecule has 3 unspecified atom stereocenters. The number of amides is 1. The van der Waals surface area contributed by atoms with Crippen LogP contribution in [0, 0.1) is 5.41 Å². The Balaban J connectivity index is 2.01. The lowest BCUT2D eigenvalue weighted by atomic mass is 9.74. The zero-order chi connectivity index (χ0) is 19.0. The standard InChI is InChI=1S/C18H33FN2O3S/c1-16(2,3)24-15(22)21-9-7-18(8-10-21)12-13(19)11-14(18)20-25(23)17(4,5)6/h13-14,20H,7-12H2,1-6H3. The van der Waals surface area contributed by atoms with Crippen LogP contribution >= 0.6 is 0 Å². The molecule has 1 N–H and O–H groups in total. The summed E-state index contributed by atoms with van der Waals surface area (Å²) in [7, 11) is -1.22. The number of ether oxygens (including phenoxy) is 1. The maximum atomic E-state index is 14.2. The maximum absolute atomic E-state index is 14.2. The van der Waals surface area contributed by atoms with Gasteiger partial charge >= 0.3 is 6.09 Å². The number of alkyl halides is 1. The van der Waals surface area contributed by atoms with Crippen LogP contribution < -0.4 is 4.72 Å². The zero-order valence-corrected chi connectivity index (χ0v) is 17.2. The Kier molecular flexibility index (Phi) is 5.89. The molecule has 0 aromatic rings. The van der Waals surface area contributed by atoms with Crippen molar-refractivity contribution in [2.24, 2.45) is 5.41 Å². The normalized spacial score (nSPS) is 28.2. The Bertz CT molecular complexity index is 519. The van der Waals surface area contributed by atoms with E-state index in [9.17, 15) is 13.4 Å². The van der Waals surface area contributed by atoms with E-state index in [1.807, 2.05) is 41.5 Å². The van der Waals surface area contributed by atoms with Gasteiger partial charge < -0.3 is 9.64 Å². The van der Waals surface area contributed by atoms with E-state index in [0.717, 1.165) is 0 Å². The molecule has 3 atom stereocenters. The number of carbonyl (C=O) groups is 1. The molecule has 1 spiro atoms. The third-order valence-corrected chi connectivity index (χ3v) is 6.69. The van der Waals surface area contributed by atoms with E-state index in [-0.39, 0.29) is 22.3 Å². The predicted octanol–water partition coefficient (Wildman–Crippen LogP) is 3.56. The number of hydrogen-bond acceptors (Lipinski definition) is 3. The van der Waals surface area contributed by atoms with E-state index in [4.69, 9.17) is 4.74 Å². The molecule has 0 aromatic carbocycles. The van der Waals surface area contributed by atoms with E-state index in [2.05, 4.69) is 4.72 Å². The Morgan fingerprint density at radius 1 is 1.20 bits per heavy atom. The van der Waals surface area contributed by atoms with Gasteiger partial charge in [-0.15, -0.1) is 0 Å². The van der Waals surface area contributed by atoms with Crippen LogP contribution in [-0.2, 0) is 15.7 Å². The topological polar surface area (TPSA) is 58.6 Å². The van der Waals surface area contributed by atoms with E-state index in [1.165, 1.54) is 0 Å². The van der Waals surface area contributed by atoms with Crippen LogP contribution in [0.25, 0.3) is 0 Å². The average Bonchev–Trinajstić information content (AvgIpc) is 2.72. The van der Waals surface area contributed by atoms with Gasteiger partial charge in [0, 0.05) is 19.1 Å². The maximum Gasteiger partial charge on any atom is 0.410 e. The van der Waals surface area contributed by atoms with Crippen molar-refractivity contribution >= 4 is 17.1 Å². The second-order valence-electron chi connectivity index (χ2n) is 9.42. The molecule has 146 valence electrons. The number of nitrogens with one attached hydrogen (secondary N) is 1. The molecule has 2 fully saturated rings. The van der Waals surface area contributed by atoms with E-state index in [1.54, 1.807) is 4.90 Å². The monoisotopic (exact) mass is 376 g/mol. The summed E-state index contributed by atoms with van der Waals surface area (Å²) in [6.45, 7) is 12.4. The van der Waals surface area contributed by atoms with Crippen molar-refractivity contribution in [1.29, 1.82) is 0 Å². The highest BCUT2D eigenvalue weighted by Gasteiger charge is 2.50. The molecular weight excluding hydrogens is 343 g/mol. The summed E-state index contributed by atoms with van der Waals surface area (Å²) in [6, 6.07) is -0.108. The minimum Gasteiger partial charge on any atom is -0.444 e. The molecule has 7 heteroatoms. The first kappa shape index (κ1) is 20.6. The summed E-state index contributed by atoms with van der Waals surface area (Å²) in [5.74, 6) is 0. The molecule has 1 saturated heterocycles. The van der Waals surface area contributed by atoms with E-state index in [0.29, 0.717) is 38.8 Å². The predicted molar refractivity (Wildman–Crippen MR) is 98.4 cm³/mol. The number of halogens is 1. The van der Waals surface area contributed by atoms with Gasteiger partial charge in [0.1, 0.15) is 11.8 Å². The highest BCUT2D eigenvalue weighted by molar-refractivity contribution is 7.84. The van der Waals surface area contributed by atoms with Gasteiger partial charge in [0.05, 0.1) is 15.7 Å². The number of piperidine rings is 1. The third kappa shape index (κ3) is 5.16. The van der Waals surface area contributed by atoms with Crippen LogP contribution in [0.5, 0.6) is 0 Å². The van der Waals surface area contributed by atoms with Gasteiger partial charge in [0.25, 0.3) is 0 Å². The lowest BCUT2D eigenvalue weighted by Crippen LogP contribution is -2.52. The van der Waals surface area contributed by atoms with Gasteiger partial charge in [-0.1, -0.05) is 0 Å². The van der Waals surface area contributed by atoms with Crippen LogP contribution in [0.2, 0.25) is 0 Å². The highest BCUT2D eigenvalue weighted by atomic mass is 32.2. The summed E-state index contributed by atoms with van der Waals surface area (Å²) < 4.78 is 34.9. The quantitative estimate of drug-likeness (QED) is 0.802. The van der Waals surface area contributed by atoms with Gasteiger partial charge in [-0.05, 0) is 72.6 Å². The van der Waals surface area contributed by atoms with Crippen molar-refractivity contribution in [3.05, 3.63) is 0 Å². The molecule has 2 rings (SSSR count). The van der Waals surface area contributed by atoms with Crippen molar-refractivity contribution in [2.45, 2.75) is 89.8 Å². The molecule has 1 aliphatic heterocycles. The fourth-order valence-corrected chi connectivity index (χ4v) is 4.62. The van der Waals surface area contributed by atoms with Crippen molar-refractivity contribution in [1.82, 2.24) is 9.62 Å². The number of hydrogen-bond donors (Lipinski definition) is 1. The van der Waals surface area contributed by atoms with Crippen molar-refractivity contribution in [3.63, 3.8) is 0 Å². The zero-order valence-electron chi connectivity index (χ0n) is 16.4. The molecular formula is C18H33FN2O3S. The lowest BCUT2D eigenvalue weighted by molar-refractivity contribution is 0.00768. The molecule has 2 aliphatic rings. The van der Waals surface area contributed by atoms with Crippen LogP contribution in [-0.4, -0.2) is 50.9 Å². The first-order chi connectivity index (χ1) is 11.3. The van der Waals surface area contributed by atoms with Crippen LogP contribution in [0.3, 0.4) is 0 Å². The Hall–Kier alpha value is -0.690. The van der Waals surface area contributed by atoms with Crippen molar-refractivity contribution < 1.29 is 18.1 Å².